The molecule has 1 rings (SSSR count). The molecule has 0 aromatic heterocycles. The molecule has 0 aliphatic heterocycles. The Hall–Kier alpha value is -2.40. The van der Waals surface area contributed by atoms with Gasteiger partial charge >= 0.3 is 12.3 Å². The largest absolute Gasteiger partial charge is 0.497 e. The maximum Gasteiger partial charge on any atom is 0.416 e. The Bertz CT molecular complexity index is 563. The first-order valence-corrected chi connectivity index (χ1v) is 6.33. The minimum absolute atomic E-state index is 0.0749. The molecular formula is C15H16F3NO3. The fourth-order valence-corrected chi connectivity index (χ4v) is 1.63. The summed E-state index contributed by atoms with van der Waals surface area (Å²) < 4.78 is 45.7. The number of benzene rings is 1. The lowest BCUT2D eigenvalue weighted by atomic mass is 10.1. The normalized spacial score (nSPS) is 10.4. The van der Waals surface area contributed by atoms with Crippen molar-refractivity contribution in [2.75, 3.05) is 20.8 Å². The van der Waals surface area contributed by atoms with E-state index in [4.69, 9.17) is 4.74 Å². The van der Waals surface area contributed by atoms with Gasteiger partial charge in [0.2, 0.25) is 0 Å². The third-order valence-corrected chi connectivity index (χ3v) is 2.66. The van der Waals surface area contributed by atoms with Gasteiger partial charge in [0.15, 0.2) is 0 Å². The Balaban J connectivity index is 2.77. The summed E-state index contributed by atoms with van der Waals surface area (Å²) in [5, 5.41) is 0. The van der Waals surface area contributed by atoms with Crippen LogP contribution < -0.4 is 4.74 Å². The van der Waals surface area contributed by atoms with Crippen molar-refractivity contribution < 1.29 is 27.4 Å². The van der Waals surface area contributed by atoms with E-state index in [1.807, 2.05) is 11.8 Å². The van der Waals surface area contributed by atoms with E-state index in [9.17, 15) is 18.0 Å². The molecular weight excluding hydrogens is 299 g/mol. The number of carbonyl (C=O) groups is 1. The van der Waals surface area contributed by atoms with E-state index in [-0.39, 0.29) is 12.6 Å². The summed E-state index contributed by atoms with van der Waals surface area (Å²) in [7, 11) is 2.69. The number of ether oxygens (including phenoxy) is 2. The Morgan fingerprint density at radius 3 is 2.68 bits per heavy atom. The first-order valence-electron chi connectivity index (χ1n) is 6.33. The zero-order valence-electron chi connectivity index (χ0n) is 12.2. The Morgan fingerprint density at radius 2 is 2.09 bits per heavy atom. The average Bonchev–Trinajstić information content (AvgIpc) is 2.49. The SMILES string of the molecule is COC(=O)N(C=C=CC(F)(F)F)CCc1cccc(OC)c1. The van der Waals surface area contributed by atoms with Gasteiger partial charge < -0.3 is 9.47 Å². The second-order valence-corrected chi connectivity index (χ2v) is 4.25. The number of carbonyl (C=O) groups excluding carboxylic acids is 1. The van der Waals surface area contributed by atoms with Crippen LogP contribution in [0, 0.1) is 0 Å². The molecule has 4 nitrogen and oxygen atoms in total. The Labute approximate surface area is 126 Å². The molecule has 0 aliphatic carbocycles. The number of methoxy groups -OCH3 is 2. The van der Waals surface area contributed by atoms with Gasteiger partial charge in [-0.05, 0) is 24.1 Å². The van der Waals surface area contributed by atoms with Crippen molar-refractivity contribution in [2.24, 2.45) is 0 Å². The minimum atomic E-state index is -4.48. The summed E-state index contributed by atoms with van der Waals surface area (Å²) in [6, 6.07) is 7.17. The second-order valence-electron chi connectivity index (χ2n) is 4.25. The van der Waals surface area contributed by atoms with Crippen molar-refractivity contribution in [3.05, 3.63) is 47.8 Å². The lowest BCUT2D eigenvalue weighted by Crippen LogP contribution is -2.27. The summed E-state index contributed by atoms with van der Waals surface area (Å²) in [4.78, 5) is 12.5. The zero-order chi connectivity index (χ0) is 16.6. The Morgan fingerprint density at radius 1 is 1.36 bits per heavy atom. The molecule has 0 fully saturated rings. The van der Waals surface area contributed by atoms with Crippen LogP contribution in [0.15, 0.2) is 42.3 Å². The van der Waals surface area contributed by atoms with E-state index in [0.717, 1.165) is 23.8 Å². The zero-order valence-corrected chi connectivity index (χ0v) is 12.2. The summed E-state index contributed by atoms with van der Waals surface area (Å²) in [5.41, 5.74) is 2.80. The first kappa shape index (κ1) is 17.7. The van der Waals surface area contributed by atoms with Gasteiger partial charge in [-0.15, -0.1) is 0 Å². The van der Waals surface area contributed by atoms with Crippen molar-refractivity contribution in [3.8, 4) is 5.75 Å². The van der Waals surface area contributed by atoms with E-state index in [1.165, 1.54) is 7.11 Å². The highest BCUT2D eigenvalue weighted by molar-refractivity contribution is 5.68. The maximum atomic E-state index is 12.0. The molecule has 1 amide bonds. The van der Waals surface area contributed by atoms with Crippen LogP contribution in [-0.2, 0) is 11.2 Å². The van der Waals surface area contributed by atoms with Crippen LogP contribution in [0.3, 0.4) is 0 Å². The van der Waals surface area contributed by atoms with Crippen LogP contribution in [0.2, 0.25) is 0 Å². The van der Waals surface area contributed by atoms with Gasteiger partial charge in [0.1, 0.15) is 5.75 Å². The summed E-state index contributed by atoms with van der Waals surface area (Å²) in [5.74, 6) is 0.662. The third kappa shape index (κ3) is 6.37. The third-order valence-electron chi connectivity index (χ3n) is 2.66. The van der Waals surface area contributed by atoms with E-state index in [0.29, 0.717) is 12.2 Å². The first-order chi connectivity index (χ1) is 10.4. The molecule has 0 heterocycles. The molecule has 0 saturated heterocycles. The van der Waals surface area contributed by atoms with E-state index in [2.05, 4.69) is 4.74 Å². The smallest absolute Gasteiger partial charge is 0.416 e. The summed E-state index contributed by atoms with van der Waals surface area (Å²) in [6.07, 6.45) is -3.97. The van der Waals surface area contributed by atoms with Crippen molar-refractivity contribution in [1.82, 2.24) is 4.90 Å². The fraction of sp³-hybridized carbons (Fsp3) is 0.333. The molecule has 0 bridgehead atoms. The number of amides is 1. The molecule has 1 aromatic rings. The standard InChI is InChI=1S/C15H16F3NO3/c1-21-13-6-3-5-12(11-13)7-10-19(14(20)22-2)9-4-8-15(16,17)18/h3,5-6,8-9,11H,7,10H2,1-2H3. The highest BCUT2D eigenvalue weighted by Crippen LogP contribution is 2.15. The van der Waals surface area contributed by atoms with Crippen LogP contribution in [-0.4, -0.2) is 37.9 Å². The molecule has 7 heteroatoms. The monoisotopic (exact) mass is 315 g/mol. The fourth-order valence-electron chi connectivity index (χ4n) is 1.63. The number of allylic oxidation sites excluding steroid dienone is 1. The van der Waals surface area contributed by atoms with E-state index < -0.39 is 12.3 Å². The molecule has 0 aliphatic rings. The number of alkyl halides is 3. The predicted molar refractivity (Wildman–Crippen MR) is 74.5 cm³/mol. The van der Waals surface area contributed by atoms with Crippen LogP contribution in [0.1, 0.15) is 5.56 Å². The lowest BCUT2D eigenvalue weighted by molar-refractivity contribution is -0.0797. The highest BCUT2D eigenvalue weighted by Gasteiger charge is 2.22. The molecule has 0 unspecified atom stereocenters. The van der Waals surface area contributed by atoms with Crippen LogP contribution in [0.4, 0.5) is 18.0 Å². The van der Waals surface area contributed by atoms with Crippen LogP contribution >= 0.6 is 0 Å². The van der Waals surface area contributed by atoms with Gasteiger partial charge in [0, 0.05) is 6.54 Å². The quantitative estimate of drug-likeness (QED) is 0.780. The van der Waals surface area contributed by atoms with Gasteiger partial charge in [-0.25, -0.2) is 4.79 Å². The minimum Gasteiger partial charge on any atom is -0.497 e. The number of halogens is 3. The van der Waals surface area contributed by atoms with E-state index >= 15 is 0 Å². The van der Waals surface area contributed by atoms with Crippen LogP contribution in [0.5, 0.6) is 5.75 Å². The number of nitrogens with zero attached hydrogens (tertiary/aromatic N) is 1. The molecule has 0 N–H and O–H groups in total. The van der Waals surface area contributed by atoms with Gasteiger partial charge in [0.25, 0.3) is 0 Å². The second kappa shape index (κ2) is 8.14. The lowest BCUT2D eigenvalue weighted by Gasteiger charge is -2.15. The molecule has 0 spiro atoms. The molecule has 22 heavy (non-hydrogen) atoms. The maximum absolute atomic E-state index is 12.0. The van der Waals surface area contributed by atoms with Gasteiger partial charge in [0.05, 0.1) is 26.5 Å². The van der Waals surface area contributed by atoms with Gasteiger partial charge in [-0.3, -0.25) is 4.90 Å². The topological polar surface area (TPSA) is 38.8 Å². The van der Waals surface area contributed by atoms with Crippen molar-refractivity contribution >= 4 is 6.09 Å². The average molecular weight is 315 g/mol. The van der Waals surface area contributed by atoms with Gasteiger partial charge in [-0.1, -0.05) is 17.9 Å². The predicted octanol–water partition coefficient (Wildman–Crippen LogP) is 3.54. The highest BCUT2D eigenvalue weighted by atomic mass is 19.4. The molecule has 120 valence electrons. The molecule has 0 radical (unpaired) electrons. The van der Waals surface area contributed by atoms with E-state index in [1.54, 1.807) is 18.2 Å². The van der Waals surface area contributed by atoms with Crippen molar-refractivity contribution in [3.63, 3.8) is 0 Å². The Kier molecular flexibility index (Phi) is 6.53. The number of rotatable bonds is 5. The number of hydrogen-bond acceptors (Lipinski definition) is 3. The molecule has 0 saturated carbocycles. The van der Waals surface area contributed by atoms with Crippen molar-refractivity contribution in [2.45, 2.75) is 12.6 Å². The summed E-state index contributed by atoms with van der Waals surface area (Å²) in [6.45, 7) is 0.151. The number of hydrogen-bond donors (Lipinski definition) is 0. The van der Waals surface area contributed by atoms with Crippen molar-refractivity contribution in [1.29, 1.82) is 0 Å². The van der Waals surface area contributed by atoms with Crippen LogP contribution in [0.25, 0.3) is 0 Å². The summed E-state index contributed by atoms with van der Waals surface area (Å²) >= 11 is 0. The molecule has 1 aromatic carbocycles. The van der Waals surface area contributed by atoms with Gasteiger partial charge in [-0.2, -0.15) is 13.2 Å². The molecule has 0 atom stereocenters.